The molecule has 1 rings (SSSR count). The molecule has 0 aromatic carbocycles. The van der Waals surface area contributed by atoms with Crippen molar-refractivity contribution in [1.29, 1.82) is 0 Å². The van der Waals surface area contributed by atoms with Gasteiger partial charge in [-0.3, -0.25) is 9.79 Å². The minimum atomic E-state index is -0.0576. The number of rotatable bonds is 8. The van der Waals surface area contributed by atoms with Crippen molar-refractivity contribution in [2.75, 3.05) is 53.5 Å². The molecule has 0 aromatic rings. The Kier molecular flexibility index (Phi) is 13.4. The van der Waals surface area contributed by atoms with E-state index in [1.165, 1.54) is 13.0 Å². The second-order valence-corrected chi connectivity index (χ2v) is 5.53. The van der Waals surface area contributed by atoms with Gasteiger partial charge >= 0.3 is 0 Å². The van der Waals surface area contributed by atoms with Crippen LogP contribution in [0.2, 0.25) is 0 Å². The molecule has 1 saturated heterocycles. The summed E-state index contributed by atoms with van der Waals surface area (Å²) in [4.78, 5) is 18.3. The molecule has 1 aliphatic rings. The van der Waals surface area contributed by atoms with Crippen molar-refractivity contribution in [2.24, 2.45) is 4.99 Å². The summed E-state index contributed by atoms with van der Waals surface area (Å²) >= 11 is 0. The smallest absolute Gasteiger partial charge is 0.239 e. The molecule has 8 heteroatoms. The van der Waals surface area contributed by atoms with Crippen LogP contribution < -0.4 is 16.0 Å². The van der Waals surface area contributed by atoms with E-state index in [1.807, 2.05) is 0 Å². The SMILES string of the molecule is CCCN1CCC(NC(=NC)NCC(=O)NCCOC)CC1.I. The zero-order valence-electron chi connectivity index (χ0n) is 14.6. The first-order valence-corrected chi connectivity index (χ1v) is 8.14. The van der Waals surface area contributed by atoms with Crippen LogP contribution in [0, 0.1) is 0 Å². The fourth-order valence-electron chi connectivity index (χ4n) is 2.52. The summed E-state index contributed by atoms with van der Waals surface area (Å²) in [6.07, 6.45) is 3.43. The fourth-order valence-corrected chi connectivity index (χ4v) is 2.52. The Morgan fingerprint density at radius 1 is 1.30 bits per heavy atom. The number of nitrogens with zero attached hydrogens (tertiary/aromatic N) is 2. The average molecular weight is 441 g/mol. The molecular weight excluding hydrogens is 409 g/mol. The van der Waals surface area contributed by atoms with Crippen molar-refractivity contribution in [3.63, 3.8) is 0 Å². The number of methoxy groups -OCH3 is 1. The van der Waals surface area contributed by atoms with E-state index in [9.17, 15) is 4.79 Å². The van der Waals surface area contributed by atoms with Crippen LogP contribution in [-0.2, 0) is 9.53 Å². The molecule has 0 unspecified atom stereocenters. The lowest BCUT2D eigenvalue weighted by Crippen LogP contribution is -2.50. The molecular formula is C15H32IN5O2. The minimum absolute atomic E-state index is 0. The standard InChI is InChI=1S/C15H31N5O2.HI/c1-4-8-20-9-5-13(6-10-20)19-15(16-2)18-12-14(21)17-7-11-22-3;/h13H,4-12H2,1-3H3,(H,17,21)(H2,16,18,19);1H. The van der Waals surface area contributed by atoms with Gasteiger partial charge in [-0.05, 0) is 25.8 Å². The minimum Gasteiger partial charge on any atom is -0.383 e. The highest BCUT2D eigenvalue weighted by Gasteiger charge is 2.19. The van der Waals surface area contributed by atoms with Gasteiger partial charge in [0.25, 0.3) is 0 Å². The summed E-state index contributed by atoms with van der Waals surface area (Å²) in [6, 6.07) is 0.427. The number of halogens is 1. The molecule has 0 saturated carbocycles. The Morgan fingerprint density at radius 2 is 2.00 bits per heavy atom. The summed E-state index contributed by atoms with van der Waals surface area (Å²) in [6.45, 7) is 6.92. The van der Waals surface area contributed by atoms with Gasteiger partial charge in [0.05, 0.1) is 13.2 Å². The van der Waals surface area contributed by atoms with Crippen molar-refractivity contribution >= 4 is 35.8 Å². The maximum Gasteiger partial charge on any atom is 0.239 e. The second-order valence-electron chi connectivity index (χ2n) is 5.53. The first kappa shape index (κ1) is 22.4. The lowest BCUT2D eigenvalue weighted by Gasteiger charge is -2.32. The van der Waals surface area contributed by atoms with Crippen LogP contribution >= 0.6 is 24.0 Å². The average Bonchev–Trinajstić information content (AvgIpc) is 2.53. The number of carbonyl (C=O) groups excluding carboxylic acids is 1. The molecule has 0 bridgehead atoms. The molecule has 1 amide bonds. The van der Waals surface area contributed by atoms with E-state index in [2.05, 4.69) is 32.8 Å². The fraction of sp³-hybridized carbons (Fsp3) is 0.867. The Morgan fingerprint density at radius 3 is 2.57 bits per heavy atom. The van der Waals surface area contributed by atoms with E-state index in [4.69, 9.17) is 4.74 Å². The van der Waals surface area contributed by atoms with Crippen LogP contribution in [-0.4, -0.2) is 76.3 Å². The van der Waals surface area contributed by atoms with E-state index < -0.39 is 0 Å². The molecule has 23 heavy (non-hydrogen) atoms. The molecule has 136 valence electrons. The van der Waals surface area contributed by atoms with Crippen molar-refractivity contribution in [3.05, 3.63) is 0 Å². The molecule has 3 N–H and O–H groups in total. The predicted octanol–water partition coefficient (Wildman–Crippen LogP) is 0.406. The maximum absolute atomic E-state index is 11.6. The number of likely N-dealkylation sites (tertiary alicyclic amines) is 1. The third-order valence-corrected chi connectivity index (χ3v) is 3.74. The number of carbonyl (C=O) groups is 1. The highest BCUT2D eigenvalue weighted by Crippen LogP contribution is 2.10. The summed E-state index contributed by atoms with van der Waals surface area (Å²) in [5, 5.41) is 9.22. The molecule has 1 heterocycles. The number of nitrogens with one attached hydrogen (secondary N) is 3. The van der Waals surface area contributed by atoms with Gasteiger partial charge in [-0.2, -0.15) is 0 Å². The summed E-state index contributed by atoms with van der Waals surface area (Å²) in [5.41, 5.74) is 0. The van der Waals surface area contributed by atoms with Crippen LogP contribution in [0.5, 0.6) is 0 Å². The first-order valence-electron chi connectivity index (χ1n) is 8.14. The molecule has 7 nitrogen and oxygen atoms in total. The number of guanidine groups is 1. The second kappa shape index (κ2) is 13.8. The number of ether oxygens (including phenoxy) is 1. The van der Waals surface area contributed by atoms with Gasteiger partial charge in [-0.25, -0.2) is 0 Å². The van der Waals surface area contributed by atoms with Crippen molar-refractivity contribution in [2.45, 2.75) is 32.2 Å². The molecule has 0 atom stereocenters. The van der Waals surface area contributed by atoms with Crippen LogP contribution in [0.15, 0.2) is 4.99 Å². The molecule has 1 fully saturated rings. The number of hydrogen-bond donors (Lipinski definition) is 3. The zero-order valence-corrected chi connectivity index (χ0v) is 16.9. The highest BCUT2D eigenvalue weighted by molar-refractivity contribution is 14.0. The van der Waals surface area contributed by atoms with E-state index >= 15 is 0 Å². The molecule has 0 aliphatic carbocycles. The Balaban J connectivity index is 0.00000484. The largest absolute Gasteiger partial charge is 0.383 e. The first-order chi connectivity index (χ1) is 10.7. The maximum atomic E-state index is 11.6. The summed E-state index contributed by atoms with van der Waals surface area (Å²) in [7, 11) is 3.34. The van der Waals surface area contributed by atoms with E-state index in [0.29, 0.717) is 25.2 Å². The third-order valence-electron chi connectivity index (χ3n) is 3.74. The lowest BCUT2D eigenvalue weighted by molar-refractivity contribution is -0.120. The van der Waals surface area contributed by atoms with Crippen LogP contribution in [0.4, 0.5) is 0 Å². The van der Waals surface area contributed by atoms with E-state index in [0.717, 1.165) is 25.9 Å². The lowest BCUT2D eigenvalue weighted by atomic mass is 10.1. The van der Waals surface area contributed by atoms with Gasteiger partial charge in [-0.15, -0.1) is 24.0 Å². The van der Waals surface area contributed by atoms with Gasteiger partial charge in [0.15, 0.2) is 5.96 Å². The number of hydrogen-bond acceptors (Lipinski definition) is 4. The zero-order chi connectivity index (χ0) is 16.2. The molecule has 0 aromatic heterocycles. The van der Waals surface area contributed by atoms with Crippen LogP contribution in [0.1, 0.15) is 26.2 Å². The molecule has 0 radical (unpaired) electrons. The third kappa shape index (κ3) is 9.98. The Hall–Kier alpha value is -0.610. The van der Waals surface area contributed by atoms with Crippen molar-refractivity contribution in [3.8, 4) is 0 Å². The molecule has 1 aliphatic heterocycles. The molecule has 0 spiro atoms. The van der Waals surface area contributed by atoms with Gasteiger partial charge in [-0.1, -0.05) is 6.92 Å². The van der Waals surface area contributed by atoms with Gasteiger partial charge in [0, 0.05) is 39.8 Å². The van der Waals surface area contributed by atoms with E-state index in [1.54, 1.807) is 14.2 Å². The quantitative estimate of drug-likeness (QED) is 0.220. The van der Waals surface area contributed by atoms with Crippen LogP contribution in [0.25, 0.3) is 0 Å². The van der Waals surface area contributed by atoms with Crippen molar-refractivity contribution < 1.29 is 9.53 Å². The number of aliphatic imine (C=N–C) groups is 1. The van der Waals surface area contributed by atoms with Gasteiger partial charge < -0.3 is 25.6 Å². The predicted molar refractivity (Wildman–Crippen MR) is 105 cm³/mol. The summed E-state index contributed by atoms with van der Waals surface area (Å²) < 4.78 is 4.89. The van der Waals surface area contributed by atoms with E-state index in [-0.39, 0.29) is 36.4 Å². The highest BCUT2D eigenvalue weighted by atomic mass is 127. The summed E-state index contributed by atoms with van der Waals surface area (Å²) in [5.74, 6) is 0.633. The van der Waals surface area contributed by atoms with Crippen LogP contribution in [0.3, 0.4) is 0 Å². The van der Waals surface area contributed by atoms with Gasteiger partial charge in [0.1, 0.15) is 0 Å². The topological polar surface area (TPSA) is 78.0 Å². The Bertz CT molecular complexity index is 347. The number of amides is 1. The monoisotopic (exact) mass is 441 g/mol. The normalized spacial score (nSPS) is 16.6. The Labute approximate surface area is 157 Å². The van der Waals surface area contributed by atoms with Gasteiger partial charge in [0.2, 0.25) is 5.91 Å². The number of piperidine rings is 1. The van der Waals surface area contributed by atoms with Crippen molar-refractivity contribution in [1.82, 2.24) is 20.9 Å².